The second kappa shape index (κ2) is 5.44. The Morgan fingerprint density at radius 2 is 2.16 bits per heavy atom. The van der Waals surface area contributed by atoms with Crippen molar-refractivity contribution in [1.29, 1.82) is 5.26 Å². The van der Waals surface area contributed by atoms with E-state index in [9.17, 15) is 4.79 Å². The Labute approximate surface area is 114 Å². The average molecular weight is 256 g/mol. The molecule has 0 saturated heterocycles. The highest BCUT2D eigenvalue weighted by Crippen LogP contribution is 2.31. The lowest BCUT2D eigenvalue weighted by Gasteiger charge is -2.35. The smallest absolute Gasteiger partial charge is 0.221 e. The van der Waals surface area contributed by atoms with E-state index in [0.717, 1.165) is 25.7 Å². The molecule has 0 radical (unpaired) electrons. The Kier molecular flexibility index (Phi) is 3.90. The van der Waals surface area contributed by atoms with Crippen molar-refractivity contribution >= 4 is 5.91 Å². The third-order valence-electron chi connectivity index (χ3n) is 3.92. The predicted octanol–water partition coefficient (Wildman–Crippen LogP) is 2.80. The van der Waals surface area contributed by atoms with E-state index < -0.39 is 5.54 Å². The summed E-state index contributed by atoms with van der Waals surface area (Å²) in [7, 11) is 0. The third kappa shape index (κ3) is 3.14. The molecule has 1 amide bonds. The number of benzene rings is 1. The average Bonchev–Trinajstić information content (AvgIpc) is 2.33. The first kappa shape index (κ1) is 13.6. The maximum Gasteiger partial charge on any atom is 0.221 e. The highest BCUT2D eigenvalue weighted by molar-refractivity contribution is 5.77. The van der Waals surface area contributed by atoms with Crippen LogP contribution in [-0.2, 0) is 11.2 Å². The van der Waals surface area contributed by atoms with Crippen molar-refractivity contribution in [1.82, 2.24) is 5.32 Å². The summed E-state index contributed by atoms with van der Waals surface area (Å²) in [5.74, 6) is -0.0128. The fourth-order valence-electron chi connectivity index (χ4n) is 2.50. The van der Waals surface area contributed by atoms with Gasteiger partial charge in [0.05, 0.1) is 6.07 Å². The first-order valence-electron chi connectivity index (χ1n) is 6.83. The van der Waals surface area contributed by atoms with E-state index in [4.69, 9.17) is 5.26 Å². The van der Waals surface area contributed by atoms with Gasteiger partial charge in [0.25, 0.3) is 0 Å². The van der Waals surface area contributed by atoms with E-state index in [2.05, 4.69) is 43.4 Å². The van der Waals surface area contributed by atoms with Crippen molar-refractivity contribution in [3.63, 3.8) is 0 Å². The van der Waals surface area contributed by atoms with Crippen molar-refractivity contribution in [2.75, 3.05) is 0 Å². The number of aryl methyl sites for hydroxylation is 3. The molecular weight excluding hydrogens is 236 g/mol. The van der Waals surface area contributed by atoms with Crippen molar-refractivity contribution in [3.8, 4) is 6.07 Å². The maximum absolute atomic E-state index is 11.9. The zero-order chi connectivity index (χ0) is 13.9. The summed E-state index contributed by atoms with van der Waals surface area (Å²) in [6, 6.07) is 8.52. The molecule has 0 heterocycles. The van der Waals surface area contributed by atoms with Crippen LogP contribution in [0.1, 0.15) is 42.4 Å². The van der Waals surface area contributed by atoms with Crippen molar-refractivity contribution in [2.45, 2.75) is 51.5 Å². The monoisotopic (exact) mass is 256 g/mol. The van der Waals surface area contributed by atoms with Gasteiger partial charge in [-0.2, -0.15) is 5.26 Å². The lowest BCUT2D eigenvalue weighted by Crippen LogP contribution is -2.52. The van der Waals surface area contributed by atoms with E-state index in [1.54, 1.807) is 0 Å². The van der Waals surface area contributed by atoms with Gasteiger partial charge in [0.2, 0.25) is 5.91 Å². The number of hydrogen-bond acceptors (Lipinski definition) is 2. The highest BCUT2D eigenvalue weighted by Gasteiger charge is 2.38. The van der Waals surface area contributed by atoms with Gasteiger partial charge in [-0.15, -0.1) is 0 Å². The molecule has 1 aliphatic carbocycles. The molecule has 1 aromatic carbocycles. The second-order valence-corrected chi connectivity index (χ2v) is 5.53. The van der Waals surface area contributed by atoms with Gasteiger partial charge in [0.15, 0.2) is 0 Å². The zero-order valence-corrected chi connectivity index (χ0v) is 11.6. The van der Waals surface area contributed by atoms with Gasteiger partial charge < -0.3 is 5.32 Å². The van der Waals surface area contributed by atoms with Crippen LogP contribution in [0.3, 0.4) is 0 Å². The van der Waals surface area contributed by atoms with Crippen LogP contribution in [0.5, 0.6) is 0 Å². The molecule has 1 fully saturated rings. The van der Waals surface area contributed by atoms with Crippen LogP contribution in [0.2, 0.25) is 0 Å². The molecule has 1 N–H and O–H groups in total. The van der Waals surface area contributed by atoms with Crippen LogP contribution in [0.15, 0.2) is 18.2 Å². The van der Waals surface area contributed by atoms with Gasteiger partial charge in [-0.1, -0.05) is 23.8 Å². The maximum atomic E-state index is 11.9. The van der Waals surface area contributed by atoms with Crippen LogP contribution in [0, 0.1) is 25.2 Å². The molecule has 0 aliphatic heterocycles. The van der Waals surface area contributed by atoms with Crippen LogP contribution >= 0.6 is 0 Å². The fraction of sp³-hybridized carbons (Fsp3) is 0.500. The van der Waals surface area contributed by atoms with Gasteiger partial charge in [-0.3, -0.25) is 4.79 Å². The molecule has 3 heteroatoms. The van der Waals surface area contributed by atoms with Crippen LogP contribution in [0.25, 0.3) is 0 Å². The summed E-state index contributed by atoms with van der Waals surface area (Å²) < 4.78 is 0. The molecule has 3 nitrogen and oxygen atoms in total. The number of nitrogens with zero attached hydrogens (tertiary/aromatic N) is 1. The molecule has 2 rings (SSSR count). The number of carbonyl (C=O) groups is 1. The molecule has 0 unspecified atom stereocenters. The normalized spacial score (nSPS) is 16.3. The minimum Gasteiger partial charge on any atom is -0.338 e. The van der Waals surface area contributed by atoms with Gasteiger partial charge in [0, 0.05) is 6.42 Å². The van der Waals surface area contributed by atoms with E-state index in [1.165, 1.54) is 16.7 Å². The number of nitriles is 1. The van der Waals surface area contributed by atoms with Crippen molar-refractivity contribution in [3.05, 3.63) is 34.9 Å². The molecule has 1 aliphatic rings. The largest absolute Gasteiger partial charge is 0.338 e. The number of nitrogens with one attached hydrogen (secondary N) is 1. The van der Waals surface area contributed by atoms with Gasteiger partial charge in [-0.05, 0) is 50.7 Å². The molecule has 0 spiro atoms. The SMILES string of the molecule is Cc1ccc(CCC(=O)NC2(C#N)CCC2)c(C)c1. The van der Waals surface area contributed by atoms with Gasteiger partial charge >= 0.3 is 0 Å². The Bertz CT molecular complexity index is 524. The molecular formula is C16H20N2O. The van der Waals surface area contributed by atoms with Crippen molar-refractivity contribution in [2.24, 2.45) is 0 Å². The van der Waals surface area contributed by atoms with E-state index >= 15 is 0 Å². The Balaban J connectivity index is 1.88. The molecule has 0 bridgehead atoms. The summed E-state index contributed by atoms with van der Waals surface area (Å²) in [6.45, 7) is 4.14. The summed E-state index contributed by atoms with van der Waals surface area (Å²) in [4.78, 5) is 11.9. The molecule has 0 atom stereocenters. The molecule has 19 heavy (non-hydrogen) atoms. The van der Waals surface area contributed by atoms with E-state index in [0.29, 0.717) is 6.42 Å². The lowest BCUT2D eigenvalue weighted by atomic mass is 9.78. The topological polar surface area (TPSA) is 52.9 Å². The molecule has 100 valence electrons. The predicted molar refractivity (Wildman–Crippen MR) is 74.6 cm³/mol. The Morgan fingerprint density at radius 3 is 2.68 bits per heavy atom. The van der Waals surface area contributed by atoms with Crippen LogP contribution in [-0.4, -0.2) is 11.4 Å². The number of hydrogen-bond donors (Lipinski definition) is 1. The Morgan fingerprint density at radius 1 is 1.42 bits per heavy atom. The lowest BCUT2D eigenvalue weighted by molar-refractivity contribution is -0.123. The third-order valence-corrected chi connectivity index (χ3v) is 3.92. The molecule has 0 aromatic heterocycles. The van der Waals surface area contributed by atoms with Crippen LogP contribution in [0.4, 0.5) is 0 Å². The highest BCUT2D eigenvalue weighted by atomic mass is 16.1. The molecule has 1 aromatic rings. The Hall–Kier alpha value is -1.82. The minimum absolute atomic E-state index is 0.0128. The van der Waals surface area contributed by atoms with Crippen molar-refractivity contribution < 1.29 is 4.79 Å². The quantitative estimate of drug-likeness (QED) is 0.900. The van der Waals surface area contributed by atoms with Crippen LogP contribution < -0.4 is 5.32 Å². The number of carbonyl (C=O) groups excluding carboxylic acids is 1. The van der Waals surface area contributed by atoms with Gasteiger partial charge in [0.1, 0.15) is 5.54 Å². The first-order valence-corrected chi connectivity index (χ1v) is 6.83. The second-order valence-electron chi connectivity index (χ2n) is 5.53. The number of amides is 1. The zero-order valence-electron chi connectivity index (χ0n) is 11.6. The standard InChI is InChI=1S/C16H20N2O/c1-12-4-5-14(13(2)10-12)6-7-15(19)18-16(11-17)8-3-9-16/h4-5,10H,3,6-9H2,1-2H3,(H,18,19). The first-order chi connectivity index (χ1) is 9.04. The summed E-state index contributed by atoms with van der Waals surface area (Å²) in [6.07, 6.45) is 3.80. The minimum atomic E-state index is -0.570. The fourth-order valence-corrected chi connectivity index (χ4v) is 2.50. The summed E-state index contributed by atoms with van der Waals surface area (Å²) in [5, 5.41) is 12.0. The summed E-state index contributed by atoms with van der Waals surface area (Å²) >= 11 is 0. The molecule has 1 saturated carbocycles. The van der Waals surface area contributed by atoms with Gasteiger partial charge in [-0.25, -0.2) is 0 Å². The van der Waals surface area contributed by atoms with E-state index in [1.807, 2.05) is 0 Å². The number of rotatable bonds is 4. The van der Waals surface area contributed by atoms with E-state index in [-0.39, 0.29) is 5.91 Å². The summed E-state index contributed by atoms with van der Waals surface area (Å²) in [5.41, 5.74) is 3.11.